The highest BCUT2D eigenvalue weighted by Gasteiger charge is 2.25. The van der Waals surface area contributed by atoms with E-state index < -0.39 is 4.92 Å². The molecule has 2 rings (SSSR count). The van der Waals surface area contributed by atoms with Crippen molar-refractivity contribution in [2.24, 2.45) is 0 Å². The van der Waals surface area contributed by atoms with Gasteiger partial charge in [-0.1, -0.05) is 12.1 Å². The van der Waals surface area contributed by atoms with E-state index in [0.717, 1.165) is 18.7 Å². The van der Waals surface area contributed by atoms with E-state index in [9.17, 15) is 14.9 Å². The summed E-state index contributed by atoms with van der Waals surface area (Å²) in [6.45, 7) is 1.67. The summed E-state index contributed by atoms with van der Waals surface area (Å²) in [5.41, 5.74) is 0.840. The molecule has 0 unspecified atom stereocenters. The van der Waals surface area contributed by atoms with Gasteiger partial charge in [-0.05, 0) is 5.56 Å². The van der Waals surface area contributed by atoms with Crippen LogP contribution in [0.1, 0.15) is 5.56 Å². The van der Waals surface area contributed by atoms with Gasteiger partial charge in [0.05, 0.1) is 17.4 Å². The molecule has 1 aromatic rings. The number of nitro groups is 1. The van der Waals surface area contributed by atoms with Crippen LogP contribution in [0.5, 0.6) is 0 Å². The molecule has 19 heavy (non-hydrogen) atoms. The minimum absolute atomic E-state index is 0. The number of hydrogen-bond donors (Lipinski definition) is 1. The smallest absolute Gasteiger partial charge is 0.269 e. The molecule has 0 bridgehead atoms. The summed E-state index contributed by atoms with van der Waals surface area (Å²) in [6.07, 6.45) is 0.283. The maximum Gasteiger partial charge on any atom is 0.269 e. The van der Waals surface area contributed by atoms with E-state index in [0.29, 0.717) is 0 Å². The van der Waals surface area contributed by atoms with Crippen molar-refractivity contribution in [2.45, 2.75) is 12.5 Å². The van der Waals surface area contributed by atoms with Crippen LogP contribution in [0.25, 0.3) is 0 Å². The van der Waals surface area contributed by atoms with E-state index >= 15 is 0 Å². The van der Waals surface area contributed by atoms with Gasteiger partial charge in [-0.3, -0.25) is 14.9 Å². The van der Waals surface area contributed by atoms with Gasteiger partial charge in [-0.2, -0.15) is 0 Å². The summed E-state index contributed by atoms with van der Waals surface area (Å²) in [5.74, 6) is 0.0374. The molecular formula is C12H16ClN3O3. The number of nitrogens with one attached hydrogen (secondary N) is 1. The third-order valence-electron chi connectivity index (χ3n) is 3.20. The lowest BCUT2D eigenvalue weighted by molar-refractivity contribution is -0.384. The van der Waals surface area contributed by atoms with E-state index in [1.165, 1.54) is 12.1 Å². The van der Waals surface area contributed by atoms with Crippen LogP contribution in [0.15, 0.2) is 24.3 Å². The van der Waals surface area contributed by atoms with Gasteiger partial charge in [0.1, 0.15) is 0 Å². The lowest BCUT2D eigenvalue weighted by atomic mass is 10.1. The first-order chi connectivity index (χ1) is 8.58. The van der Waals surface area contributed by atoms with Crippen molar-refractivity contribution in [1.82, 2.24) is 10.2 Å². The predicted molar refractivity (Wildman–Crippen MR) is 73.5 cm³/mol. The summed E-state index contributed by atoms with van der Waals surface area (Å²) < 4.78 is 0. The second-order valence-corrected chi connectivity index (χ2v) is 4.42. The monoisotopic (exact) mass is 285 g/mol. The summed E-state index contributed by atoms with van der Waals surface area (Å²) in [6, 6.07) is 6.38. The van der Waals surface area contributed by atoms with Crippen LogP contribution < -0.4 is 5.32 Å². The van der Waals surface area contributed by atoms with Gasteiger partial charge < -0.3 is 10.2 Å². The number of halogens is 1. The van der Waals surface area contributed by atoms with Crippen LogP contribution in [0.2, 0.25) is 0 Å². The molecule has 1 aliphatic heterocycles. The number of carbonyl (C=O) groups excluding carboxylic acids is 1. The highest BCUT2D eigenvalue weighted by atomic mass is 35.5. The average molecular weight is 286 g/mol. The molecule has 0 spiro atoms. The number of benzene rings is 1. The number of non-ortho nitro benzene ring substituents is 1. The highest BCUT2D eigenvalue weighted by Crippen LogP contribution is 2.13. The molecule has 0 aromatic heterocycles. The van der Waals surface area contributed by atoms with Crippen molar-refractivity contribution in [3.63, 3.8) is 0 Å². The first-order valence-electron chi connectivity index (χ1n) is 5.77. The molecule has 1 fully saturated rings. The Morgan fingerprint density at radius 1 is 1.42 bits per heavy atom. The van der Waals surface area contributed by atoms with Crippen LogP contribution in [0.3, 0.4) is 0 Å². The standard InChI is InChI=1S/C12H15N3O3.ClH/c1-14(11-7-13-8-11)12(16)6-9-2-4-10(5-3-9)15(17)18;/h2-5,11,13H,6-8H2,1H3;1H. The molecule has 104 valence electrons. The molecule has 6 nitrogen and oxygen atoms in total. The van der Waals surface area contributed by atoms with Gasteiger partial charge in [0.2, 0.25) is 5.91 Å². The second-order valence-electron chi connectivity index (χ2n) is 4.42. The Morgan fingerprint density at radius 3 is 2.42 bits per heavy atom. The van der Waals surface area contributed by atoms with Crippen LogP contribution in [-0.4, -0.2) is 41.9 Å². The Kier molecular flexibility index (Phi) is 5.26. The molecule has 1 heterocycles. The Hall–Kier alpha value is -1.66. The fourth-order valence-electron chi connectivity index (χ4n) is 1.79. The van der Waals surface area contributed by atoms with Crippen molar-refractivity contribution >= 4 is 24.0 Å². The number of rotatable bonds is 4. The summed E-state index contributed by atoms with van der Waals surface area (Å²) >= 11 is 0. The summed E-state index contributed by atoms with van der Waals surface area (Å²) in [7, 11) is 1.79. The molecule has 1 amide bonds. The number of hydrogen-bond acceptors (Lipinski definition) is 4. The van der Waals surface area contributed by atoms with Gasteiger partial charge in [0, 0.05) is 32.3 Å². The SMILES string of the molecule is CN(C(=O)Cc1ccc([N+](=O)[O-])cc1)C1CNC1.Cl. The second kappa shape index (κ2) is 6.49. The third-order valence-corrected chi connectivity index (χ3v) is 3.20. The zero-order chi connectivity index (χ0) is 13.1. The van der Waals surface area contributed by atoms with E-state index in [-0.39, 0.29) is 36.5 Å². The van der Waals surface area contributed by atoms with Crippen LogP contribution in [0, 0.1) is 10.1 Å². The Labute approximate surface area is 117 Å². The Balaban J connectivity index is 0.00000180. The molecule has 1 N–H and O–H groups in total. The Bertz CT molecular complexity index is 460. The summed E-state index contributed by atoms with van der Waals surface area (Å²) in [5, 5.41) is 13.6. The zero-order valence-electron chi connectivity index (χ0n) is 10.5. The Morgan fingerprint density at radius 2 is 2.00 bits per heavy atom. The highest BCUT2D eigenvalue weighted by molar-refractivity contribution is 5.85. The number of likely N-dealkylation sites (N-methyl/N-ethyl adjacent to an activating group) is 1. The number of nitro benzene ring substituents is 1. The van der Waals surface area contributed by atoms with Gasteiger partial charge >= 0.3 is 0 Å². The van der Waals surface area contributed by atoms with E-state index in [1.54, 1.807) is 24.1 Å². The summed E-state index contributed by atoms with van der Waals surface area (Å²) in [4.78, 5) is 23.7. The van der Waals surface area contributed by atoms with E-state index in [1.807, 2.05) is 0 Å². The normalized spacial score (nSPS) is 14.2. The van der Waals surface area contributed by atoms with Crippen molar-refractivity contribution in [2.75, 3.05) is 20.1 Å². The third kappa shape index (κ3) is 3.65. The predicted octanol–water partition coefficient (Wildman–Crippen LogP) is 0.989. The minimum Gasteiger partial charge on any atom is -0.340 e. The molecule has 0 radical (unpaired) electrons. The first kappa shape index (κ1) is 15.4. The van der Waals surface area contributed by atoms with Crippen molar-refractivity contribution in [3.8, 4) is 0 Å². The van der Waals surface area contributed by atoms with Crippen LogP contribution in [-0.2, 0) is 11.2 Å². The van der Waals surface area contributed by atoms with Gasteiger partial charge in [0.15, 0.2) is 0 Å². The number of nitrogens with zero attached hydrogens (tertiary/aromatic N) is 2. The number of carbonyl (C=O) groups is 1. The quantitative estimate of drug-likeness (QED) is 0.661. The zero-order valence-corrected chi connectivity index (χ0v) is 11.4. The van der Waals surface area contributed by atoms with E-state index in [2.05, 4.69) is 5.32 Å². The first-order valence-corrected chi connectivity index (χ1v) is 5.77. The molecule has 0 atom stereocenters. The lowest BCUT2D eigenvalue weighted by Crippen LogP contribution is -2.57. The fraction of sp³-hybridized carbons (Fsp3) is 0.417. The lowest BCUT2D eigenvalue weighted by Gasteiger charge is -2.35. The van der Waals surface area contributed by atoms with Crippen molar-refractivity contribution in [1.29, 1.82) is 0 Å². The molecule has 7 heteroatoms. The molecule has 1 aromatic carbocycles. The maximum absolute atomic E-state index is 11.9. The van der Waals surface area contributed by atoms with Crippen LogP contribution in [0.4, 0.5) is 5.69 Å². The van der Waals surface area contributed by atoms with E-state index in [4.69, 9.17) is 0 Å². The molecule has 0 saturated carbocycles. The van der Waals surface area contributed by atoms with Gasteiger partial charge in [-0.15, -0.1) is 12.4 Å². The minimum atomic E-state index is -0.447. The maximum atomic E-state index is 11.9. The average Bonchev–Trinajstić information content (AvgIpc) is 2.27. The fourth-order valence-corrected chi connectivity index (χ4v) is 1.79. The van der Waals surface area contributed by atoms with Crippen LogP contribution >= 0.6 is 12.4 Å². The largest absolute Gasteiger partial charge is 0.340 e. The molecule has 1 saturated heterocycles. The molecule has 0 aliphatic carbocycles. The molecular weight excluding hydrogens is 270 g/mol. The topological polar surface area (TPSA) is 75.5 Å². The van der Waals surface area contributed by atoms with Gasteiger partial charge in [-0.25, -0.2) is 0 Å². The van der Waals surface area contributed by atoms with Crippen molar-refractivity contribution < 1.29 is 9.72 Å². The number of amides is 1. The van der Waals surface area contributed by atoms with Gasteiger partial charge in [0.25, 0.3) is 5.69 Å². The molecule has 1 aliphatic rings. The van der Waals surface area contributed by atoms with Crippen molar-refractivity contribution in [3.05, 3.63) is 39.9 Å².